The van der Waals surface area contributed by atoms with Gasteiger partial charge in [-0.15, -0.1) is 11.8 Å². The van der Waals surface area contributed by atoms with Crippen LogP contribution in [0.2, 0.25) is 0 Å². The maximum atomic E-state index is 12.1. The van der Waals surface area contributed by atoms with Crippen LogP contribution < -0.4 is 15.5 Å². The second-order valence-electron chi connectivity index (χ2n) is 6.73. The first-order valence-corrected chi connectivity index (χ1v) is 10.2. The van der Waals surface area contributed by atoms with Crippen molar-refractivity contribution in [3.8, 4) is 0 Å². The van der Waals surface area contributed by atoms with E-state index in [1.807, 2.05) is 45.4 Å². The highest BCUT2D eigenvalue weighted by molar-refractivity contribution is 7.98. The first kappa shape index (κ1) is 21.0. The van der Waals surface area contributed by atoms with Gasteiger partial charge < -0.3 is 15.5 Å². The second kappa shape index (κ2) is 10.1. The van der Waals surface area contributed by atoms with Crippen molar-refractivity contribution >= 4 is 29.3 Å². The van der Waals surface area contributed by atoms with Crippen LogP contribution in [0.25, 0.3) is 0 Å². The van der Waals surface area contributed by atoms with E-state index in [0.717, 1.165) is 28.3 Å². The molecule has 3 N–H and O–H groups in total. The maximum Gasteiger partial charge on any atom is 0.275 e. The van der Waals surface area contributed by atoms with Gasteiger partial charge in [0.1, 0.15) is 6.54 Å². The number of quaternary nitrogens is 1. The van der Waals surface area contributed by atoms with E-state index in [9.17, 15) is 9.59 Å². The minimum Gasteiger partial charge on any atom is -0.342 e. The Morgan fingerprint density at radius 3 is 2.41 bits per heavy atom. The molecule has 27 heavy (non-hydrogen) atoms. The Morgan fingerprint density at radius 2 is 1.74 bits per heavy atom. The number of amides is 2. The average molecular weight is 387 g/mol. The van der Waals surface area contributed by atoms with E-state index in [1.54, 1.807) is 11.8 Å². The quantitative estimate of drug-likeness (QED) is 0.606. The molecule has 0 aliphatic rings. The Morgan fingerprint density at radius 1 is 1.04 bits per heavy atom. The molecule has 2 amide bonds. The summed E-state index contributed by atoms with van der Waals surface area (Å²) < 4.78 is 0. The summed E-state index contributed by atoms with van der Waals surface area (Å²) in [6, 6.07) is 14.1. The van der Waals surface area contributed by atoms with Gasteiger partial charge in [0.15, 0.2) is 6.54 Å². The number of carbonyl (C=O) groups is 2. The molecule has 0 heterocycles. The van der Waals surface area contributed by atoms with E-state index < -0.39 is 0 Å². The first-order chi connectivity index (χ1) is 12.9. The van der Waals surface area contributed by atoms with Crippen LogP contribution in [0.5, 0.6) is 0 Å². The van der Waals surface area contributed by atoms with Gasteiger partial charge >= 0.3 is 0 Å². The van der Waals surface area contributed by atoms with Crippen molar-refractivity contribution in [3.63, 3.8) is 0 Å². The lowest BCUT2D eigenvalue weighted by Gasteiger charge is -2.14. The number of benzene rings is 2. The Labute approximate surface area is 165 Å². The van der Waals surface area contributed by atoms with E-state index in [1.165, 1.54) is 10.5 Å². The van der Waals surface area contributed by atoms with Crippen LogP contribution in [0.4, 0.5) is 5.69 Å². The molecule has 0 saturated heterocycles. The van der Waals surface area contributed by atoms with Gasteiger partial charge in [-0.1, -0.05) is 24.3 Å². The lowest BCUT2D eigenvalue weighted by Crippen LogP contribution is -3.08. The SMILES string of the molecule is CSc1ccc(C[NH+](C)CC(=O)NCC(=O)Nc2cccc(C)c2C)cc1. The smallest absolute Gasteiger partial charge is 0.275 e. The van der Waals surface area contributed by atoms with Gasteiger partial charge in [0.05, 0.1) is 13.6 Å². The van der Waals surface area contributed by atoms with Crippen LogP contribution in [-0.2, 0) is 16.1 Å². The van der Waals surface area contributed by atoms with Gasteiger partial charge in [-0.25, -0.2) is 0 Å². The van der Waals surface area contributed by atoms with E-state index in [4.69, 9.17) is 0 Å². The van der Waals surface area contributed by atoms with Crippen LogP contribution in [0.15, 0.2) is 47.4 Å². The Bertz CT molecular complexity index is 791. The molecule has 2 rings (SSSR count). The third kappa shape index (κ3) is 6.73. The summed E-state index contributed by atoms with van der Waals surface area (Å²) in [5, 5.41) is 5.54. The zero-order chi connectivity index (χ0) is 19.8. The van der Waals surface area contributed by atoms with E-state index >= 15 is 0 Å². The molecular formula is C21H28N3O2S+. The fourth-order valence-corrected chi connectivity index (χ4v) is 3.16. The van der Waals surface area contributed by atoms with Gasteiger partial charge in [-0.3, -0.25) is 9.59 Å². The van der Waals surface area contributed by atoms with Crippen molar-refractivity contribution in [1.82, 2.24) is 5.32 Å². The molecule has 0 aliphatic carbocycles. The monoisotopic (exact) mass is 386 g/mol. The van der Waals surface area contributed by atoms with Crippen molar-refractivity contribution in [2.45, 2.75) is 25.3 Å². The van der Waals surface area contributed by atoms with E-state index in [2.05, 4.69) is 34.9 Å². The van der Waals surface area contributed by atoms with Crippen LogP contribution in [0.3, 0.4) is 0 Å². The maximum absolute atomic E-state index is 12.1. The molecule has 144 valence electrons. The van der Waals surface area contributed by atoms with Gasteiger partial charge in [0.25, 0.3) is 5.91 Å². The molecule has 1 atom stereocenters. The molecular weight excluding hydrogens is 358 g/mol. The predicted octanol–water partition coefficient (Wildman–Crippen LogP) is 1.79. The number of likely N-dealkylation sites (N-methyl/N-ethyl adjacent to an activating group) is 1. The third-order valence-electron chi connectivity index (χ3n) is 4.45. The topological polar surface area (TPSA) is 62.6 Å². The number of rotatable bonds is 8. The summed E-state index contributed by atoms with van der Waals surface area (Å²) >= 11 is 1.71. The van der Waals surface area contributed by atoms with Crippen LogP contribution in [0, 0.1) is 13.8 Å². The molecule has 2 aromatic carbocycles. The van der Waals surface area contributed by atoms with Crippen molar-refractivity contribution in [2.75, 3.05) is 31.7 Å². The number of anilines is 1. The van der Waals surface area contributed by atoms with Gasteiger partial charge in [0.2, 0.25) is 5.91 Å². The molecule has 0 aliphatic heterocycles. The summed E-state index contributed by atoms with van der Waals surface area (Å²) in [5.41, 5.74) is 4.12. The molecule has 6 heteroatoms. The Balaban J connectivity index is 1.75. The van der Waals surface area contributed by atoms with E-state index in [-0.39, 0.29) is 18.4 Å². The number of nitrogens with one attached hydrogen (secondary N) is 3. The first-order valence-electron chi connectivity index (χ1n) is 8.96. The molecule has 2 aromatic rings. The Hall–Kier alpha value is -2.31. The number of hydrogen-bond donors (Lipinski definition) is 3. The zero-order valence-corrected chi connectivity index (χ0v) is 17.2. The van der Waals surface area contributed by atoms with Crippen LogP contribution in [0.1, 0.15) is 16.7 Å². The number of hydrogen-bond acceptors (Lipinski definition) is 3. The minimum absolute atomic E-state index is 0.0259. The summed E-state index contributed by atoms with van der Waals surface area (Å²) in [7, 11) is 1.97. The van der Waals surface area contributed by atoms with Crippen molar-refractivity contribution in [3.05, 3.63) is 59.2 Å². The standard InChI is InChI=1S/C21H27N3O2S/c1-15-6-5-7-19(16(15)2)23-20(25)12-22-21(26)14-24(3)13-17-8-10-18(27-4)11-9-17/h5-11H,12-14H2,1-4H3,(H,22,26)(H,23,25)/p+1. The molecule has 0 radical (unpaired) electrons. The highest BCUT2D eigenvalue weighted by Gasteiger charge is 2.12. The van der Waals surface area contributed by atoms with Gasteiger partial charge in [-0.05, 0) is 49.4 Å². The normalized spacial score (nSPS) is 11.7. The lowest BCUT2D eigenvalue weighted by molar-refractivity contribution is -0.885. The summed E-state index contributed by atoms with van der Waals surface area (Å²) in [6.45, 7) is 5.02. The fourth-order valence-electron chi connectivity index (χ4n) is 2.75. The molecule has 5 nitrogen and oxygen atoms in total. The number of thioether (sulfide) groups is 1. The highest BCUT2D eigenvalue weighted by Crippen LogP contribution is 2.17. The molecule has 0 bridgehead atoms. The second-order valence-corrected chi connectivity index (χ2v) is 7.61. The minimum atomic E-state index is -0.220. The molecule has 0 aromatic heterocycles. The molecule has 1 unspecified atom stereocenters. The zero-order valence-electron chi connectivity index (χ0n) is 16.4. The van der Waals surface area contributed by atoms with Crippen molar-refractivity contribution < 1.29 is 14.5 Å². The summed E-state index contributed by atoms with van der Waals surface area (Å²) in [5.74, 6) is -0.355. The largest absolute Gasteiger partial charge is 0.342 e. The molecule has 0 fully saturated rings. The van der Waals surface area contributed by atoms with Gasteiger partial charge in [0, 0.05) is 16.1 Å². The van der Waals surface area contributed by atoms with E-state index in [0.29, 0.717) is 6.54 Å². The fraction of sp³-hybridized carbons (Fsp3) is 0.333. The Kier molecular flexibility index (Phi) is 7.88. The third-order valence-corrected chi connectivity index (χ3v) is 5.20. The predicted molar refractivity (Wildman–Crippen MR) is 111 cm³/mol. The summed E-state index contributed by atoms with van der Waals surface area (Å²) in [4.78, 5) is 26.5. The van der Waals surface area contributed by atoms with Crippen molar-refractivity contribution in [1.29, 1.82) is 0 Å². The molecule has 0 spiro atoms. The molecule has 0 saturated carbocycles. The van der Waals surface area contributed by atoms with Crippen LogP contribution >= 0.6 is 11.8 Å². The lowest BCUT2D eigenvalue weighted by atomic mass is 10.1. The van der Waals surface area contributed by atoms with Crippen LogP contribution in [-0.4, -0.2) is 38.2 Å². The van der Waals surface area contributed by atoms with Gasteiger partial charge in [-0.2, -0.15) is 0 Å². The summed E-state index contributed by atoms with van der Waals surface area (Å²) in [6.07, 6.45) is 2.05. The number of aryl methyl sites for hydroxylation is 1. The number of carbonyl (C=O) groups excluding carboxylic acids is 2. The highest BCUT2D eigenvalue weighted by atomic mass is 32.2. The van der Waals surface area contributed by atoms with Crippen molar-refractivity contribution in [2.24, 2.45) is 0 Å². The average Bonchev–Trinajstić information content (AvgIpc) is 2.64.